The Bertz CT molecular complexity index is 1650. The average Bonchev–Trinajstić information content (AvgIpc) is 3.40. The Labute approximate surface area is 292 Å². The molecule has 6 nitrogen and oxygen atoms in total. The summed E-state index contributed by atoms with van der Waals surface area (Å²) < 4.78 is 29.4. The lowest BCUT2D eigenvalue weighted by Crippen LogP contribution is -2.66. The van der Waals surface area contributed by atoms with Gasteiger partial charge in [0.1, 0.15) is 10.4 Å². The normalized spacial score (nSPS) is 16.1. The predicted molar refractivity (Wildman–Crippen MR) is 198 cm³/mol. The van der Waals surface area contributed by atoms with Gasteiger partial charge in [0.2, 0.25) is 0 Å². The molecule has 0 fully saturated rings. The molecule has 0 N–H and O–H groups in total. The predicted octanol–water partition coefficient (Wildman–Crippen LogP) is 7.97. The first-order chi connectivity index (χ1) is 22.3. The molecule has 0 saturated carbocycles. The van der Waals surface area contributed by atoms with Crippen molar-refractivity contribution in [3.8, 4) is 11.3 Å². The van der Waals surface area contributed by atoms with Crippen molar-refractivity contribution >= 4 is 52.0 Å². The van der Waals surface area contributed by atoms with Gasteiger partial charge in [-0.25, -0.2) is 9.78 Å². The van der Waals surface area contributed by atoms with Crippen LogP contribution in [0.15, 0.2) is 95.5 Å². The molecule has 9 heteroatoms. The number of rotatable bonds is 10. The number of halogens is 1. The van der Waals surface area contributed by atoms with Crippen LogP contribution in [0, 0.1) is 0 Å². The Balaban J connectivity index is 1.62. The van der Waals surface area contributed by atoms with Crippen LogP contribution >= 0.6 is 15.9 Å². The first-order valence-electron chi connectivity index (χ1n) is 16.2. The molecule has 2 heterocycles. The molecule has 0 amide bonds. The molecule has 248 valence electrons. The number of hydrogen-bond donors (Lipinski definition) is 0. The maximum absolute atomic E-state index is 14.2. The smallest absolute Gasteiger partial charge is 0.356 e. The zero-order valence-electron chi connectivity index (χ0n) is 28.4. The van der Waals surface area contributed by atoms with Crippen molar-refractivity contribution in [2.24, 2.45) is 0 Å². The highest BCUT2D eigenvalue weighted by Crippen LogP contribution is 2.46. The third-order valence-electron chi connectivity index (χ3n) is 8.60. The molecule has 5 rings (SSSR count). The van der Waals surface area contributed by atoms with E-state index in [0.29, 0.717) is 25.3 Å². The molecule has 0 unspecified atom stereocenters. The molecule has 2 atom stereocenters. The number of carbonyl (C=O) groups is 1. The average molecular weight is 734 g/mol. The van der Waals surface area contributed by atoms with Gasteiger partial charge in [-0.2, -0.15) is 0 Å². The summed E-state index contributed by atoms with van der Waals surface area (Å²) in [5.74, 6) is -0.464. The Morgan fingerprint density at radius 2 is 1.57 bits per heavy atom. The Morgan fingerprint density at radius 1 is 0.957 bits per heavy atom. The van der Waals surface area contributed by atoms with Gasteiger partial charge in [0.05, 0.1) is 24.9 Å². The van der Waals surface area contributed by atoms with Crippen LogP contribution in [-0.2, 0) is 27.1 Å². The van der Waals surface area contributed by atoms with Crippen molar-refractivity contribution in [2.45, 2.75) is 77.3 Å². The molecular formula is C38H45BrN2O4SSi. The summed E-state index contributed by atoms with van der Waals surface area (Å²) in [6.45, 7) is 15.7. The minimum absolute atomic E-state index is 0.172. The van der Waals surface area contributed by atoms with Crippen molar-refractivity contribution in [3.05, 3.63) is 112 Å². The van der Waals surface area contributed by atoms with Crippen LogP contribution in [0.1, 0.15) is 82.5 Å². The molecule has 47 heavy (non-hydrogen) atoms. The number of ether oxygens (including phenoxy) is 1. The van der Waals surface area contributed by atoms with Gasteiger partial charge >= 0.3 is 5.97 Å². The summed E-state index contributed by atoms with van der Waals surface area (Å²) in [7, 11) is -2.79. The fourth-order valence-corrected chi connectivity index (χ4v) is 13.0. The van der Waals surface area contributed by atoms with Crippen molar-refractivity contribution < 1.29 is 18.5 Å². The molecule has 0 radical (unpaired) electrons. The van der Waals surface area contributed by atoms with Crippen LogP contribution in [0.5, 0.6) is 0 Å². The van der Waals surface area contributed by atoms with Crippen molar-refractivity contribution in [1.29, 1.82) is 0 Å². The molecule has 4 aromatic rings. The number of esters is 1. The number of nitrogens with zero attached hydrogens (tertiary/aromatic N) is 2. The van der Waals surface area contributed by atoms with Crippen LogP contribution in [0.3, 0.4) is 0 Å². The van der Waals surface area contributed by atoms with E-state index in [0.717, 1.165) is 21.2 Å². The lowest BCUT2D eigenvalue weighted by Gasteiger charge is -2.43. The highest BCUT2D eigenvalue weighted by atomic mass is 79.9. The van der Waals surface area contributed by atoms with E-state index in [1.165, 1.54) is 10.4 Å². The van der Waals surface area contributed by atoms with Gasteiger partial charge in [-0.15, -0.1) is 4.31 Å². The summed E-state index contributed by atoms with van der Waals surface area (Å²) in [5.41, 5.74) is 3.76. The van der Waals surface area contributed by atoms with E-state index < -0.39 is 30.4 Å². The van der Waals surface area contributed by atoms with Crippen molar-refractivity contribution in [3.63, 3.8) is 0 Å². The number of pyridine rings is 1. The number of benzene rings is 3. The van der Waals surface area contributed by atoms with Crippen molar-refractivity contribution in [1.82, 2.24) is 9.29 Å². The molecular weight excluding hydrogens is 688 g/mol. The monoisotopic (exact) mass is 732 g/mol. The second-order valence-electron chi connectivity index (χ2n) is 13.9. The maximum Gasteiger partial charge on any atom is 0.356 e. The van der Waals surface area contributed by atoms with Gasteiger partial charge in [-0.1, -0.05) is 109 Å². The van der Waals surface area contributed by atoms with Crippen LogP contribution in [-0.4, -0.2) is 46.1 Å². The summed E-state index contributed by atoms with van der Waals surface area (Å²) in [4.78, 5) is 17.9. The summed E-state index contributed by atoms with van der Waals surface area (Å²) >= 11 is 2.28. The first-order valence-corrected chi connectivity index (χ1v) is 20.0. The first kappa shape index (κ1) is 35.5. The zero-order valence-corrected chi connectivity index (χ0v) is 31.8. The second kappa shape index (κ2) is 14.4. The number of aromatic nitrogens is 1. The van der Waals surface area contributed by atoms with E-state index in [9.17, 15) is 9.35 Å². The third-order valence-corrected chi connectivity index (χ3v) is 16.0. The van der Waals surface area contributed by atoms with E-state index in [1.807, 2.05) is 63.2 Å². The minimum Gasteiger partial charge on any atom is -0.597 e. The van der Waals surface area contributed by atoms with E-state index in [4.69, 9.17) is 14.1 Å². The van der Waals surface area contributed by atoms with Crippen LogP contribution < -0.4 is 10.4 Å². The number of fused-ring (bicyclic) bond motifs is 1. The van der Waals surface area contributed by atoms with Gasteiger partial charge in [0.25, 0.3) is 8.32 Å². The molecule has 0 bridgehead atoms. The fraction of sp³-hybridized carbons (Fsp3) is 0.368. The van der Waals surface area contributed by atoms with Crippen molar-refractivity contribution in [2.75, 3.05) is 13.2 Å². The maximum atomic E-state index is 14.2. The largest absolute Gasteiger partial charge is 0.597 e. The lowest BCUT2D eigenvalue weighted by molar-refractivity contribution is 0.0519. The van der Waals surface area contributed by atoms with Gasteiger partial charge in [-0.3, -0.25) is 0 Å². The Kier molecular flexibility index (Phi) is 10.9. The van der Waals surface area contributed by atoms with Gasteiger partial charge < -0.3 is 13.7 Å². The summed E-state index contributed by atoms with van der Waals surface area (Å²) in [5, 5.41) is 2.27. The summed E-state index contributed by atoms with van der Waals surface area (Å²) in [6.07, 6.45) is 0.598. The SMILES string of the molecule is CCOC(=O)c1cc2c(c(-c3cccc(Br)c3)n1)[C@@H](CCO[Si](c1ccccc1)(c1ccccc1)C(C)(C)C)N([S@@+]([O-])C(C)(C)C)C2. The molecule has 1 aromatic heterocycles. The van der Waals surface area contributed by atoms with Gasteiger partial charge in [0, 0.05) is 33.6 Å². The number of carbonyl (C=O) groups excluding carboxylic acids is 1. The quantitative estimate of drug-likeness (QED) is 0.0936. The minimum atomic E-state index is -2.79. The molecule has 0 spiro atoms. The van der Waals surface area contributed by atoms with Gasteiger partial charge in [-0.05, 0) is 73.3 Å². The van der Waals surface area contributed by atoms with Gasteiger partial charge in [0.15, 0.2) is 0 Å². The number of hydrogen-bond acceptors (Lipinski definition) is 6. The topological polar surface area (TPSA) is 74.7 Å². The zero-order chi connectivity index (χ0) is 34.0. The Hall–Kier alpha value is -2.79. The van der Waals surface area contributed by atoms with E-state index >= 15 is 0 Å². The second-order valence-corrected chi connectivity index (χ2v) is 21.3. The fourth-order valence-electron chi connectivity index (χ4n) is 6.60. The standard InChI is InChI=1S/C38H45BrN2O4SSi/c1-8-44-36(42)32-25-28-26-41(46(43)37(2,3)4)33(34(28)35(40-32)27-16-15-17-29(39)24-27)22-23-45-47(38(5,6)7,30-18-11-9-12-19-30)31-20-13-10-14-21-31/h9-21,24-25,33H,8,22-23,26H2,1-7H3/t33-,46+/m1/s1. The third kappa shape index (κ3) is 7.31. The molecule has 0 aliphatic carbocycles. The highest BCUT2D eigenvalue weighted by Gasteiger charge is 2.51. The van der Waals surface area contributed by atoms with E-state index in [2.05, 4.69) is 89.5 Å². The van der Waals surface area contributed by atoms with Crippen LogP contribution in [0.25, 0.3) is 11.3 Å². The summed E-state index contributed by atoms with van der Waals surface area (Å²) in [6, 6.07) is 30.8. The van der Waals surface area contributed by atoms with Crippen LogP contribution in [0.2, 0.25) is 5.04 Å². The molecule has 0 saturated heterocycles. The lowest BCUT2D eigenvalue weighted by atomic mass is 9.96. The Morgan fingerprint density at radius 3 is 2.11 bits per heavy atom. The molecule has 1 aliphatic rings. The highest BCUT2D eigenvalue weighted by molar-refractivity contribution is 9.10. The molecule has 1 aliphatic heterocycles. The van der Waals surface area contributed by atoms with Crippen LogP contribution in [0.4, 0.5) is 0 Å². The molecule has 3 aromatic carbocycles. The van der Waals surface area contributed by atoms with E-state index in [-0.39, 0.29) is 23.4 Å². The van der Waals surface area contributed by atoms with E-state index in [1.54, 1.807) is 6.92 Å².